The number of aromatic nitrogens is 5. The minimum Gasteiger partial charge on any atom is -0.477 e. The predicted octanol–water partition coefficient (Wildman–Crippen LogP) is 3.08. The van der Waals surface area contributed by atoms with Gasteiger partial charge in [-0.05, 0) is 13.0 Å². The Hall–Kier alpha value is -2.54. The quantitative estimate of drug-likeness (QED) is 0.553. The standard InChI is InChI=1S/C20H25ClF2N8O2/c1-2-33-18-13-3-5-24-17(13)27-19(28-18)26-14-11-25-31(16(14)21)15-12-30(6-4-20(15,22)23)29-7-9-32-10-8-29/h3,5,11,15H,2,4,6-10,12H2,1H3,(H2,24,26,27,28). The first-order valence-electron chi connectivity index (χ1n) is 10.9. The van der Waals surface area contributed by atoms with Crippen molar-refractivity contribution in [3.63, 3.8) is 0 Å². The number of anilines is 2. The molecule has 0 amide bonds. The molecule has 0 aromatic carbocycles. The van der Waals surface area contributed by atoms with E-state index in [1.54, 1.807) is 6.20 Å². The van der Waals surface area contributed by atoms with Crippen molar-refractivity contribution < 1.29 is 18.3 Å². The van der Waals surface area contributed by atoms with E-state index in [1.807, 2.05) is 18.0 Å². The fourth-order valence-electron chi connectivity index (χ4n) is 4.20. The van der Waals surface area contributed by atoms with Gasteiger partial charge in [-0.25, -0.2) is 23.5 Å². The summed E-state index contributed by atoms with van der Waals surface area (Å²) in [5.41, 5.74) is 0.920. The summed E-state index contributed by atoms with van der Waals surface area (Å²) in [4.78, 5) is 11.8. The molecule has 0 saturated carbocycles. The molecule has 0 radical (unpaired) electrons. The molecule has 1 unspecified atom stereocenters. The van der Waals surface area contributed by atoms with E-state index in [0.29, 0.717) is 50.1 Å². The minimum absolute atomic E-state index is 0.0663. The number of aromatic amines is 1. The number of H-pyrrole nitrogens is 1. The molecule has 0 spiro atoms. The topological polar surface area (TPSA) is 96.4 Å². The molecule has 1 atom stereocenters. The molecule has 2 saturated heterocycles. The van der Waals surface area contributed by atoms with Gasteiger partial charge < -0.3 is 19.8 Å². The number of morpholine rings is 1. The van der Waals surface area contributed by atoms with Crippen LogP contribution in [-0.2, 0) is 4.74 Å². The smallest absolute Gasteiger partial charge is 0.272 e. The van der Waals surface area contributed by atoms with Gasteiger partial charge in [0.05, 0.1) is 37.1 Å². The van der Waals surface area contributed by atoms with Crippen molar-refractivity contribution in [1.29, 1.82) is 0 Å². The number of halogens is 3. The zero-order valence-corrected chi connectivity index (χ0v) is 18.9. The van der Waals surface area contributed by atoms with Crippen molar-refractivity contribution in [3.8, 4) is 5.88 Å². The molecule has 13 heteroatoms. The van der Waals surface area contributed by atoms with Gasteiger partial charge in [0.25, 0.3) is 5.92 Å². The van der Waals surface area contributed by atoms with Crippen LogP contribution in [0, 0.1) is 0 Å². The zero-order chi connectivity index (χ0) is 23.0. The molecule has 0 bridgehead atoms. The molecule has 2 fully saturated rings. The Labute approximate surface area is 193 Å². The van der Waals surface area contributed by atoms with Crippen molar-refractivity contribution in [1.82, 2.24) is 34.8 Å². The lowest BCUT2D eigenvalue weighted by atomic mass is 10.0. The maximum Gasteiger partial charge on any atom is 0.272 e. The molecule has 2 aliphatic heterocycles. The highest BCUT2D eigenvalue weighted by atomic mass is 35.5. The summed E-state index contributed by atoms with van der Waals surface area (Å²) in [7, 11) is 0. The molecule has 178 valence electrons. The molecule has 10 nitrogen and oxygen atoms in total. The number of nitrogens with one attached hydrogen (secondary N) is 2. The second kappa shape index (κ2) is 9.01. The Kier molecular flexibility index (Phi) is 6.08. The first kappa shape index (κ1) is 22.3. The fraction of sp³-hybridized carbons (Fsp3) is 0.550. The van der Waals surface area contributed by atoms with Crippen molar-refractivity contribution in [2.24, 2.45) is 0 Å². The lowest BCUT2D eigenvalue weighted by Gasteiger charge is -2.44. The molecule has 5 heterocycles. The van der Waals surface area contributed by atoms with E-state index in [9.17, 15) is 8.78 Å². The van der Waals surface area contributed by atoms with E-state index in [0.717, 1.165) is 5.39 Å². The molecule has 2 aliphatic rings. The molecule has 3 aromatic heterocycles. The number of alkyl halides is 2. The number of hydrogen-bond donors (Lipinski definition) is 2. The number of hydrogen-bond acceptors (Lipinski definition) is 8. The van der Waals surface area contributed by atoms with Gasteiger partial charge in [-0.15, -0.1) is 0 Å². The van der Waals surface area contributed by atoms with Gasteiger partial charge in [0.2, 0.25) is 11.8 Å². The highest BCUT2D eigenvalue weighted by Gasteiger charge is 2.47. The summed E-state index contributed by atoms with van der Waals surface area (Å²) in [6.07, 6.45) is 2.87. The Bertz CT molecular complexity index is 1120. The molecule has 33 heavy (non-hydrogen) atoms. The second-order valence-electron chi connectivity index (χ2n) is 7.95. The second-order valence-corrected chi connectivity index (χ2v) is 8.31. The summed E-state index contributed by atoms with van der Waals surface area (Å²) in [5, 5.41) is 12.0. The van der Waals surface area contributed by atoms with E-state index in [2.05, 4.69) is 30.4 Å². The monoisotopic (exact) mass is 482 g/mol. The van der Waals surface area contributed by atoms with Crippen LogP contribution in [0.15, 0.2) is 18.5 Å². The SMILES string of the molecule is CCOc1nc(Nc2cnn(C3CN(N4CCOCC4)CCC3(F)F)c2Cl)nc2[nH]ccc12. The molecule has 2 N–H and O–H groups in total. The minimum atomic E-state index is -2.95. The molecule has 3 aromatic rings. The number of piperidine rings is 1. The van der Waals surface area contributed by atoms with Crippen LogP contribution in [-0.4, -0.2) is 86.7 Å². The summed E-state index contributed by atoms with van der Waals surface area (Å²) in [6.45, 7) is 5.21. The van der Waals surface area contributed by atoms with Crippen LogP contribution in [0.1, 0.15) is 19.4 Å². The molecule has 0 aliphatic carbocycles. The van der Waals surface area contributed by atoms with Crippen LogP contribution in [0.5, 0.6) is 5.88 Å². The average molecular weight is 483 g/mol. The summed E-state index contributed by atoms with van der Waals surface area (Å²) in [6, 6.07) is 0.614. The fourth-order valence-corrected chi connectivity index (χ4v) is 4.46. The van der Waals surface area contributed by atoms with E-state index in [1.165, 1.54) is 10.9 Å². The van der Waals surface area contributed by atoms with Gasteiger partial charge in [0.1, 0.15) is 11.7 Å². The van der Waals surface area contributed by atoms with Crippen LogP contribution >= 0.6 is 11.6 Å². The summed E-state index contributed by atoms with van der Waals surface area (Å²) >= 11 is 6.52. The van der Waals surface area contributed by atoms with Crippen molar-refractivity contribution in [2.45, 2.75) is 25.3 Å². The molecular weight excluding hydrogens is 458 g/mol. The van der Waals surface area contributed by atoms with Crippen LogP contribution in [0.25, 0.3) is 11.0 Å². The van der Waals surface area contributed by atoms with Crippen LogP contribution in [0.3, 0.4) is 0 Å². The number of fused-ring (bicyclic) bond motifs is 1. The Morgan fingerprint density at radius 3 is 2.88 bits per heavy atom. The predicted molar refractivity (Wildman–Crippen MR) is 118 cm³/mol. The number of nitrogens with zero attached hydrogens (tertiary/aromatic N) is 6. The lowest BCUT2D eigenvalue weighted by Crippen LogP contribution is -2.57. The first-order chi connectivity index (χ1) is 16.0. The highest BCUT2D eigenvalue weighted by Crippen LogP contribution is 2.40. The lowest BCUT2D eigenvalue weighted by molar-refractivity contribution is -0.168. The zero-order valence-electron chi connectivity index (χ0n) is 18.1. The van der Waals surface area contributed by atoms with Crippen LogP contribution in [0.4, 0.5) is 20.4 Å². The van der Waals surface area contributed by atoms with Gasteiger partial charge >= 0.3 is 0 Å². The third-order valence-electron chi connectivity index (χ3n) is 5.90. The normalized spacial score (nSPS) is 22.0. The third-order valence-corrected chi connectivity index (χ3v) is 6.28. The third kappa shape index (κ3) is 4.35. The Morgan fingerprint density at radius 1 is 1.27 bits per heavy atom. The van der Waals surface area contributed by atoms with E-state index in [4.69, 9.17) is 21.1 Å². The summed E-state index contributed by atoms with van der Waals surface area (Å²) < 4.78 is 42.0. The van der Waals surface area contributed by atoms with E-state index in [-0.39, 0.29) is 30.6 Å². The van der Waals surface area contributed by atoms with Crippen molar-refractivity contribution in [3.05, 3.63) is 23.6 Å². The van der Waals surface area contributed by atoms with Crippen molar-refractivity contribution in [2.75, 3.05) is 51.3 Å². The average Bonchev–Trinajstić information content (AvgIpc) is 3.42. The summed E-state index contributed by atoms with van der Waals surface area (Å²) in [5.74, 6) is -2.31. The van der Waals surface area contributed by atoms with E-state index >= 15 is 0 Å². The largest absolute Gasteiger partial charge is 0.477 e. The van der Waals surface area contributed by atoms with Gasteiger partial charge in [-0.2, -0.15) is 15.1 Å². The Balaban J connectivity index is 1.39. The maximum absolute atomic E-state index is 14.9. The van der Waals surface area contributed by atoms with Gasteiger partial charge in [0, 0.05) is 38.8 Å². The number of hydrazine groups is 1. The highest BCUT2D eigenvalue weighted by molar-refractivity contribution is 6.32. The number of ether oxygens (including phenoxy) is 2. The van der Waals surface area contributed by atoms with Gasteiger partial charge in [-0.1, -0.05) is 11.6 Å². The van der Waals surface area contributed by atoms with Crippen LogP contribution < -0.4 is 10.1 Å². The molecule has 5 rings (SSSR count). The van der Waals surface area contributed by atoms with Crippen molar-refractivity contribution >= 4 is 34.3 Å². The molecular formula is C20H25ClF2N8O2. The number of rotatable bonds is 6. The van der Waals surface area contributed by atoms with Gasteiger partial charge in [0.15, 0.2) is 5.15 Å². The van der Waals surface area contributed by atoms with Crippen LogP contribution in [0.2, 0.25) is 5.15 Å². The van der Waals surface area contributed by atoms with E-state index < -0.39 is 12.0 Å². The maximum atomic E-state index is 14.9. The van der Waals surface area contributed by atoms with Gasteiger partial charge in [-0.3, -0.25) is 0 Å². The Morgan fingerprint density at radius 2 is 2.09 bits per heavy atom. The first-order valence-corrected chi connectivity index (χ1v) is 11.3.